The van der Waals surface area contributed by atoms with Gasteiger partial charge in [-0.05, 0) is 11.6 Å². The Hall–Kier alpha value is -0.770. The van der Waals surface area contributed by atoms with Gasteiger partial charge in [-0.25, -0.2) is 5.43 Å². The predicted octanol–water partition coefficient (Wildman–Crippen LogP) is 0.866. The number of anilines is 1. The minimum Gasteiger partial charge on any atom is -0.368 e. The monoisotopic (exact) mass is 185 g/mol. The molecule has 1 aromatic carbocycles. The van der Waals surface area contributed by atoms with E-state index in [4.69, 9.17) is 5.84 Å². The summed E-state index contributed by atoms with van der Waals surface area (Å²) >= 11 is 0. The summed E-state index contributed by atoms with van der Waals surface area (Å²) in [6.45, 7) is 0. The van der Waals surface area contributed by atoms with E-state index < -0.39 is 0 Å². The van der Waals surface area contributed by atoms with Crippen molar-refractivity contribution < 1.29 is 0 Å². The van der Waals surface area contributed by atoms with Crippen LogP contribution in [-0.2, 0) is 6.42 Å². The molecule has 66 valence electrons. The fourth-order valence-corrected chi connectivity index (χ4v) is 1.40. The molecule has 1 aromatic rings. The van der Waals surface area contributed by atoms with E-state index in [0.29, 0.717) is 0 Å². The predicted molar refractivity (Wildman–Crippen MR) is 52.1 cm³/mol. The summed E-state index contributed by atoms with van der Waals surface area (Å²) in [5.41, 5.74) is 5.22. The van der Waals surface area contributed by atoms with Crippen LogP contribution in [0.2, 0.25) is 0 Å². The second-order valence-corrected chi connectivity index (χ2v) is 2.72. The molecule has 4 N–H and O–H groups in total. The van der Waals surface area contributed by atoms with E-state index >= 15 is 0 Å². The van der Waals surface area contributed by atoms with Crippen LogP contribution in [-0.4, -0.2) is 6.17 Å². The van der Waals surface area contributed by atoms with Crippen LogP contribution in [0.25, 0.3) is 0 Å². The van der Waals surface area contributed by atoms with Crippen LogP contribution in [0.15, 0.2) is 24.3 Å². The van der Waals surface area contributed by atoms with E-state index in [2.05, 4.69) is 22.9 Å². The lowest BCUT2D eigenvalue weighted by atomic mass is 10.2. The summed E-state index contributed by atoms with van der Waals surface area (Å²) in [5, 5.41) is 3.25. The van der Waals surface area contributed by atoms with Crippen LogP contribution in [0, 0.1) is 0 Å². The molecule has 2 rings (SSSR count). The zero-order chi connectivity index (χ0) is 7.68. The molecule has 1 atom stereocenters. The van der Waals surface area contributed by atoms with Gasteiger partial charge in [0.15, 0.2) is 0 Å². The molecule has 0 saturated heterocycles. The van der Waals surface area contributed by atoms with Crippen LogP contribution in [0.1, 0.15) is 5.56 Å². The fraction of sp³-hybridized carbons (Fsp3) is 0.250. The molecule has 3 nitrogen and oxygen atoms in total. The van der Waals surface area contributed by atoms with Crippen molar-refractivity contribution in [3.05, 3.63) is 29.8 Å². The van der Waals surface area contributed by atoms with Crippen LogP contribution in [0.4, 0.5) is 5.69 Å². The van der Waals surface area contributed by atoms with Crippen molar-refractivity contribution in [2.45, 2.75) is 12.6 Å². The minimum absolute atomic E-state index is 0. The molecule has 0 amide bonds. The Morgan fingerprint density at radius 1 is 1.42 bits per heavy atom. The van der Waals surface area contributed by atoms with E-state index in [-0.39, 0.29) is 18.6 Å². The summed E-state index contributed by atoms with van der Waals surface area (Å²) in [4.78, 5) is 0. The molecule has 0 aliphatic carbocycles. The highest BCUT2D eigenvalue weighted by atomic mass is 35.5. The van der Waals surface area contributed by atoms with Gasteiger partial charge in [-0.2, -0.15) is 0 Å². The molecule has 4 heteroatoms. The van der Waals surface area contributed by atoms with Gasteiger partial charge in [-0.1, -0.05) is 18.2 Å². The summed E-state index contributed by atoms with van der Waals surface area (Å²) in [7, 11) is 0. The number of benzene rings is 1. The molecule has 1 aliphatic rings. The lowest BCUT2D eigenvalue weighted by molar-refractivity contribution is 0.602. The third kappa shape index (κ3) is 1.53. The molecule has 0 aromatic heterocycles. The molecule has 12 heavy (non-hydrogen) atoms. The van der Waals surface area contributed by atoms with Gasteiger partial charge in [-0.3, -0.25) is 5.84 Å². The normalized spacial score (nSPS) is 19.2. The summed E-state index contributed by atoms with van der Waals surface area (Å²) in [5.74, 6) is 5.30. The molecule has 1 unspecified atom stereocenters. The van der Waals surface area contributed by atoms with E-state index in [9.17, 15) is 0 Å². The quantitative estimate of drug-likeness (QED) is 0.450. The van der Waals surface area contributed by atoms with Gasteiger partial charge in [0, 0.05) is 12.1 Å². The van der Waals surface area contributed by atoms with E-state index in [1.807, 2.05) is 12.1 Å². The van der Waals surface area contributed by atoms with Gasteiger partial charge in [0.1, 0.15) is 0 Å². The van der Waals surface area contributed by atoms with Gasteiger partial charge in [0.25, 0.3) is 0 Å². The number of hydrogen-bond acceptors (Lipinski definition) is 3. The third-order valence-corrected chi connectivity index (χ3v) is 1.97. The molecule has 1 heterocycles. The standard InChI is InChI=1S/C8H11N3.ClH/c9-11-8-5-6-3-1-2-4-7(6)10-8;/h1-4,8,10-11H,5,9H2;1H. The summed E-state index contributed by atoms with van der Waals surface area (Å²) in [6.07, 6.45) is 1.17. The molecule has 1 aliphatic heterocycles. The number of rotatable bonds is 1. The lowest BCUT2D eigenvalue weighted by Crippen LogP contribution is -2.39. The number of para-hydroxylation sites is 1. The summed E-state index contributed by atoms with van der Waals surface area (Å²) < 4.78 is 0. The highest BCUT2D eigenvalue weighted by Crippen LogP contribution is 2.23. The van der Waals surface area contributed by atoms with Gasteiger partial charge in [0.2, 0.25) is 0 Å². The van der Waals surface area contributed by atoms with Crippen LogP contribution in [0.5, 0.6) is 0 Å². The first-order valence-electron chi connectivity index (χ1n) is 3.71. The molecular formula is C8H12ClN3. The maximum atomic E-state index is 5.30. The van der Waals surface area contributed by atoms with Gasteiger partial charge >= 0.3 is 0 Å². The van der Waals surface area contributed by atoms with Crippen molar-refractivity contribution in [3.63, 3.8) is 0 Å². The topological polar surface area (TPSA) is 50.1 Å². The van der Waals surface area contributed by atoms with Crippen molar-refractivity contribution in [2.24, 2.45) is 5.84 Å². The number of nitrogens with two attached hydrogens (primary N) is 1. The highest BCUT2D eigenvalue weighted by Gasteiger charge is 2.17. The SMILES string of the molecule is Cl.NNC1Cc2ccccc2N1. The molecule has 0 fully saturated rings. The van der Waals surface area contributed by atoms with Crippen LogP contribution < -0.4 is 16.6 Å². The lowest BCUT2D eigenvalue weighted by Gasteiger charge is -2.07. The number of hydrogen-bond donors (Lipinski definition) is 3. The minimum atomic E-state index is 0. The molecule has 0 bridgehead atoms. The van der Waals surface area contributed by atoms with Crippen LogP contribution >= 0.6 is 12.4 Å². The van der Waals surface area contributed by atoms with Crippen LogP contribution in [0.3, 0.4) is 0 Å². The Morgan fingerprint density at radius 3 is 2.83 bits per heavy atom. The van der Waals surface area contributed by atoms with Crippen molar-refractivity contribution in [1.82, 2.24) is 5.43 Å². The first-order valence-corrected chi connectivity index (χ1v) is 3.71. The van der Waals surface area contributed by atoms with Gasteiger partial charge in [-0.15, -0.1) is 12.4 Å². The third-order valence-electron chi connectivity index (χ3n) is 1.97. The highest BCUT2D eigenvalue weighted by molar-refractivity contribution is 5.85. The maximum Gasteiger partial charge on any atom is 0.0935 e. The number of hydrazine groups is 1. The average Bonchev–Trinajstić information content (AvgIpc) is 2.46. The zero-order valence-electron chi connectivity index (χ0n) is 6.58. The Labute approximate surface area is 77.7 Å². The van der Waals surface area contributed by atoms with E-state index in [1.165, 1.54) is 11.3 Å². The number of halogens is 1. The fourth-order valence-electron chi connectivity index (χ4n) is 1.40. The molecule has 0 radical (unpaired) electrons. The first-order chi connectivity index (χ1) is 5.40. The summed E-state index contributed by atoms with van der Waals surface area (Å²) in [6, 6.07) is 8.23. The molecule has 0 spiro atoms. The number of fused-ring (bicyclic) bond motifs is 1. The van der Waals surface area contributed by atoms with Gasteiger partial charge in [0.05, 0.1) is 6.17 Å². The zero-order valence-corrected chi connectivity index (χ0v) is 7.40. The van der Waals surface area contributed by atoms with Crippen molar-refractivity contribution in [3.8, 4) is 0 Å². The average molecular weight is 186 g/mol. The van der Waals surface area contributed by atoms with Crippen molar-refractivity contribution in [1.29, 1.82) is 0 Å². The largest absolute Gasteiger partial charge is 0.368 e. The van der Waals surface area contributed by atoms with E-state index in [0.717, 1.165) is 6.42 Å². The van der Waals surface area contributed by atoms with E-state index in [1.54, 1.807) is 0 Å². The first kappa shape index (κ1) is 9.32. The molecule has 0 saturated carbocycles. The van der Waals surface area contributed by atoms with Gasteiger partial charge < -0.3 is 5.32 Å². The van der Waals surface area contributed by atoms with Crippen molar-refractivity contribution >= 4 is 18.1 Å². The Kier molecular flexibility index (Phi) is 2.92. The number of nitrogens with one attached hydrogen (secondary N) is 2. The maximum absolute atomic E-state index is 5.30. The molecular weight excluding hydrogens is 174 g/mol. The Morgan fingerprint density at radius 2 is 2.17 bits per heavy atom. The van der Waals surface area contributed by atoms with Crippen molar-refractivity contribution in [2.75, 3.05) is 5.32 Å². The smallest absolute Gasteiger partial charge is 0.0935 e. The Bertz CT molecular complexity index is 239. The Balaban J connectivity index is 0.000000720. The second kappa shape index (κ2) is 3.76. The second-order valence-electron chi connectivity index (χ2n) is 2.72.